The first kappa shape index (κ1) is 24.5. The molecule has 1 aliphatic rings. The maximum atomic E-state index is 13.4. The molecule has 1 aliphatic heterocycles. The summed E-state index contributed by atoms with van der Waals surface area (Å²) in [5, 5.41) is 4.45. The number of ketones is 1. The molecule has 180 valence electrons. The zero-order chi connectivity index (χ0) is 24.3. The highest BCUT2D eigenvalue weighted by atomic mass is 32.2. The molecule has 0 spiro atoms. The smallest absolute Gasteiger partial charge is 0.263 e. The third kappa shape index (κ3) is 5.37. The lowest BCUT2D eigenvalue weighted by atomic mass is 9.94. The quantitative estimate of drug-likeness (QED) is 0.247. The van der Waals surface area contributed by atoms with Gasteiger partial charge in [-0.05, 0) is 43.7 Å². The Morgan fingerprint density at radius 1 is 1.38 bits per heavy atom. The molecule has 3 heterocycles. The van der Waals surface area contributed by atoms with Gasteiger partial charge in [0.15, 0.2) is 10.9 Å². The van der Waals surface area contributed by atoms with Gasteiger partial charge in [0.05, 0.1) is 31.2 Å². The third-order valence-corrected chi connectivity index (χ3v) is 7.74. The molecule has 4 rings (SSSR count). The zero-order valence-corrected chi connectivity index (χ0v) is 21.3. The highest BCUT2D eigenvalue weighted by molar-refractivity contribution is 7.99. The van der Waals surface area contributed by atoms with Crippen molar-refractivity contribution in [1.29, 1.82) is 0 Å². The number of anilines is 1. The average molecular weight is 500 g/mol. The Morgan fingerprint density at radius 3 is 2.85 bits per heavy atom. The van der Waals surface area contributed by atoms with Crippen LogP contribution in [-0.4, -0.2) is 40.3 Å². The highest BCUT2D eigenvalue weighted by Gasteiger charge is 2.31. The van der Waals surface area contributed by atoms with Gasteiger partial charge < -0.3 is 14.8 Å². The summed E-state index contributed by atoms with van der Waals surface area (Å²) in [6, 6.07) is 7.44. The standard InChI is InChI=1S/C25H29N3O4S2/c1-5-11-28-23(30)21-19-13-25(2,3)32-15-20(19)34-22(21)27-24(28)33-12-10-17(29)14-26-16-6-8-18(31-4)9-7-16/h5-9,26H,1,10-15H2,2-4H3. The van der Waals surface area contributed by atoms with E-state index in [-0.39, 0.29) is 23.5 Å². The van der Waals surface area contributed by atoms with E-state index < -0.39 is 0 Å². The maximum Gasteiger partial charge on any atom is 0.263 e. The summed E-state index contributed by atoms with van der Waals surface area (Å²) in [4.78, 5) is 32.5. The van der Waals surface area contributed by atoms with E-state index in [1.165, 1.54) is 23.1 Å². The summed E-state index contributed by atoms with van der Waals surface area (Å²) in [7, 11) is 1.62. The van der Waals surface area contributed by atoms with Crippen LogP contribution in [0.2, 0.25) is 0 Å². The number of nitrogens with one attached hydrogen (secondary N) is 1. The molecule has 0 amide bonds. The lowest BCUT2D eigenvalue weighted by molar-refractivity contribution is -0.117. The molecule has 0 saturated carbocycles. The van der Waals surface area contributed by atoms with Gasteiger partial charge in [0.1, 0.15) is 10.6 Å². The Kier molecular flexibility index (Phi) is 7.45. The molecule has 3 aromatic rings. The minimum Gasteiger partial charge on any atom is -0.497 e. The van der Waals surface area contributed by atoms with Gasteiger partial charge in [-0.2, -0.15) is 0 Å². The van der Waals surface area contributed by atoms with Crippen molar-refractivity contribution in [2.45, 2.75) is 50.6 Å². The van der Waals surface area contributed by atoms with Crippen molar-refractivity contribution in [2.24, 2.45) is 0 Å². The second-order valence-corrected chi connectivity index (χ2v) is 10.9. The van der Waals surface area contributed by atoms with Gasteiger partial charge >= 0.3 is 0 Å². The fourth-order valence-corrected chi connectivity index (χ4v) is 5.99. The Bertz CT molecular complexity index is 1260. The predicted molar refractivity (Wildman–Crippen MR) is 138 cm³/mol. The van der Waals surface area contributed by atoms with Crippen LogP contribution >= 0.6 is 23.1 Å². The maximum absolute atomic E-state index is 13.4. The molecule has 2 aromatic heterocycles. The number of methoxy groups -OCH3 is 1. The fraction of sp³-hybridized carbons (Fsp3) is 0.400. The van der Waals surface area contributed by atoms with Crippen molar-refractivity contribution < 1.29 is 14.3 Å². The summed E-state index contributed by atoms with van der Waals surface area (Å²) in [6.45, 7) is 9.01. The van der Waals surface area contributed by atoms with Crippen LogP contribution in [0.4, 0.5) is 5.69 Å². The van der Waals surface area contributed by atoms with E-state index in [0.29, 0.717) is 42.3 Å². The monoisotopic (exact) mass is 499 g/mol. The number of Topliss-reactive ketones (excluding diaryl/α,β-unsaturated/α-hetero) is 1. The number of carbonyl (C=O) groups excluding carboxylic acids is 1. The van der Waals surface area contributed by atoms with Gasteiger partial charge in [-0.15, -0.1) is 17.9 Å². The van der Waals surface area contributed by atoms with Crippen molar-refractivity contribution in [2.75, 3.05) is 24.7 Å². The van der Waals surface area contributed by atoms with Gasteiger partial charge in [0.25, 0.3) is 5.56 Å². The first-order valence-electron chi connectivity index (χ1n) is 11.1. The number of hydrogen-bond acceptors (Lipinski definition) is 8. The SMILES string of the molecule is C=CCn1c(SCCC(=O)CNc2ccc(OC)cc2)nc2sc3c(c2c1=O)CC(C)(C)OC3. The van der Waals surface area contributed by atoms with Crippen molar-refractivity contribution >= 4 is 44.8 Å². The second kappa shape index (κ2) is 10.3. The average Bonchev–Trinajstić information content (AvgIpc) is 3.17. The first-order chi connectivity index (χ1) is 16.3. The minimum atomic E-state index is -0.301. The van der Waals surface area contributed by atoms with Crippen LogP contribution in [0.1, 0.15) is 30.7 Å². The molecule has 9 heteroatoms. The second-order valence-electron chi connectivity index (χ2n) is 8.73. The van der Waals surface area contributed by atoms with Crippen LogP contribution in [0.5, 0.6) is 5.75 Å². The minimum absolute atomic E-state index is 0.0462. The summed E-state index contributed by atoms with van der Waals surface area (Å²) >= 11 is 2.96. The Balaban J connectivity index is 1.45. The van der Waals surface area contributed by atoms with Crippen molar-refractivity contribution in [3.63, 3.8) is 0 Å². The number of carbonyl (C=O) groups is 1. The molecule has 0 saturated heterocycles. The number of ether oxygens (including phenoxy) is 2. The Labute approximate surface area is 207 Å². The molecule has 1 aromatic carbocycles. The molecular weight excluding hydrogens is 470 g/mol. The van der Waals surface area contributed by atoms with Gasteiger partial charge in [-0.25, -0.2) is 4.98 Å². The Hall–Kier alpha value is -2.62. The van der Waals surface area contributed by atoms with Gasteiger partial charge in [0.2, 0.25) is 0 Å². The van der Waals surface area contributed by atoms with Crippen molar-refractivity contribution in [3.8, 4) is 5.75 Å². The van der Waals surface area contributed by atoms with Crippen LogP contribution in [0, 0.1) is 0 Å². The number of thiophene rings is 1. The van der Waals surface area contributed by atoms with Gasteiger partial charge in [0, 0.05) is 35.7 Å². The van der Waals surface area contributed by atoms with Crippen LogP contribution in [0.3, 0.4) is 0 Å². The summed E-state index contributed by atoms with van der Waals surface area (Å²) in [5.41, 5.74) is 1.57. The number of thioether (sulfide) groups is 1. The van der Waals surface area contributed by atoms with E-state index in [0.717, 1.165) is 26.7 Å². The normalized spacial score (nSPS) is 14.6. The van der Waals surface area contributed by atoms with Crippen molar-refractivity contribution in [3.05, 3.63) is 57.7 Å². The molecule has 34 heavy (non-hydrogen) atoms. The number of aromatic nitrogens is 2. The van der Waals surface area contributed by atoms with Crippen molar-refractivity contribution in [1.82, 2.24) is 9.55 Å². The largest absolute Gasteiger partial charge is 0.497 e. The lowest BCUT2D eigenvalue weighted by Crippen LogP contribution is -2.32. The van der Waals surface area contributed by atoms with Gasteiger partial charge in [-0.1, -0.05) is 17.8 Å². The third-order valence-electron chi connectivity index (χ3n) is 5.66. The van der Waals surface area contributed by atoms with Crippen LogP contribution < -0.4 is 15.6 Å². The van der Waals surface area contributed by atoms with E-state index in [1.54, 1.807) is 17.8 Å². The van der Waals surface area contributed by atoms with E-state index in [9.17, 15) is 9.59 Å². The van der Waals surface area contributed by atoms with Crippen LogP contribution in [-0.2, 0) is 29.1 Å². The molecule has 7 nitrogen and oxygen atoms in total. The summed E-state index contributed by atoms with van der Waals surface area (Å²) < 4.78 is 12.7. The Morgan fingerprint density at radius 2 is 2.15 bits per heavy atom. The molecule has 1 N–H and O–H groups in total. The van der Waals surface area contributed by atoms with Gasteiger partial charge in [-0.3, -0.25) is 14.2 Å². The number of fused-ring (bicyclic) bond motifs is 3. The molecule has 0 aliphatic carbocycles. The first-order valence-corrected chi connectivity index (χ1v) is 12.9. The predicted octanol–water partition coefficient (Wildman–Crippen LogP) is 4.67. The number of rotatable bonds is 10. The number of nitrogens with zero attached hydrogens (tertiary/aromatic N) is 2. The van der Waals surface area contributed by atoms with Crippen LogP contribution in [0.15, 0.2) is 46.9 Å². The highest BCUT2D eigenvalue weighted by Crippen LogP contribution is 2.37. The number of benzene rings is 1. The lowest BCUT2D eigenvalue weighted by Gasteiger charge is -2.29. The molecule has 0 radical (unpaired) electrons. The topological polar surface area (TPSA) is 82.5 Å². The summed E-state index contributed by atoms with van der Waals surface area (Å²) in [5.74, 6) is 1.40. The summed E-state index contributed by atoms with van der Waals surface area (Å²) in [6.07, 6.45) is 2.77. The molecule has 0 unspecified atom stereocenters. The van der Waals surface area contributed by atoms with E-state index in [1.807, 2.05) is 38.1 Å². The number of hydrogen-bond donors (Lipinski definition) is 1. The van der Waals surface area contributed by atoms with E-state index in [4.69, 9.17) is 14.5 Å². The molecule has 0 fully saturated rings. The zero-order valence-electron chi connectivity index (χ0n) is 19.7. The van der Waals surface area contributed by atoms with E-state index >= 15 is 0 Å². The van der Waals surface area contributed by atoms with E-state index in [2.05, 4.69) is 11.9 Å². The molecular formula is C25H29N3O4S2. The number of allylic oxidation sites excluding steroid dienone is 1. The molecule has 0 atom stereocenters. The fourth-order valence-electron chi connectivity index (χ4n) is 3.86. The molecule has 0 bridgehead atoms. The van der Waals surface area contributed by atoms with Crippen LogP contribution in [0.25, 0.3) is 10.2 Å².